The average molecular weight is 630 g/mol. The van der Waals surface area contributed by atoms with Crippen molar-refractivity contribution in [3.05, 3.63) is 113 Å². The van der Waals surface area contributed by atoms with Gasteiger partial charge in [0.25, 0.3) is 11.8 Å². The summed E-state index contributed by atoms with van der Waals surface area (Å²) in [7, 11) is -1.53. The molecule has 0 aliphatic heterocycles. The number of aromatic amines is 1. The highest BCUT2D eigenvalue weighted by atomic mass is 35.5. The van der Waals surface area contributed by atoms with E-state index in [0.717, 1.165) is 27.3 Å². The van der Waals surface area contributed by atoms with E-state index in [1.807, 2.05) is 73.7 Å². The van der Waals surface area contributed by atoms with Crippen LogP contribution in [-0.2, 0) is 10.2 Å². The van der Waals surface area contributed by atoms with Gasteiger partial charge in [-0.2, -0.15) is 12.7 Å². The average Bonchev–Trinajstić information content (AvgIpc) is 3.45. The predicted molar refractivity (Wildman–Crippen MR) is 174 cm³/mol. The Hall–Kier alpha value is -4.51. The second-order valence-electron chi connectivity index (χ2n) is 10.5. The number of halogens is 1. The van der Waals surface area contributed by atoms with Crippen LogP contribution in [0.4, 0.5) is 0 Å². The van der Waals surface area contributed by atoms with Crippen LogP contribution in [0, 0.1) is 0 Å². The molecule has 1 aromatic heterocycles. The van der Waals surface area contributed by atoms with Gasteiger partial charge in [-0.3, -0.25) is 9.59 Å². The van der Waals surface area contributed by atoms with Gasteiger partial charge in [0.05, 0.1) is 27.7 Å². The van der Waals surface area contributed by atoms with E-state index in [1.54, 1.807) is 12.1 Å². The highest BCUT2D eigenvalue weighted by molar-refractivity contribution is 7.87. The third kappa shape index (κ3) is 6.52. The van der Waals surface area contributed by atoms with E-state index in [4.69, 9.17) is 16.6 Å². The molecule has 0 saturated carbocycles. The summed E-state index contributed by atoms with van der Waals surface area (Å²) in [4.78, 5) is 35.3. The fourth-order valence-electron chi connectivity index (χ4n) is 4.96. The molecule has 44 heavy (non-hydrogen) atoms. The Morgan fingerprint density at radius 2 is 1.52 bits per heavy atom. The maximum Gasteiger partial charge on any atom is 0.303 e. The number of carbonyl (C=O) groups is 2. The summed E-state index contributed by atoms with van der Waals surface area (Å²) in [6, 6.07) is 27.0. The number of nitrogens with zero attached hydrogens (tertiary/aromatic N) is 2. The van der Waals surface area contributed by atoms with Crippen molar-refractivity contribution >= 4 is 44.7 Å². The molecule has 226 valence electrons. The van der Waals surface area contributed by atoms with Gasteiger partial charge in [0.2, 0.25) is 0 Å². The van der Waals surface area contributed by atoms with Crippen molar-refractivity contribution in [3.63, 3.8) is 0 Å². The molecule has 0 saturated heterocycles. The lowest BCUT2D eigenvalue weighted by atomic mass is 9.92. The number of amides is 2. The summed E-state index contributed by atoms with van der Waals surface area (Å²) < 4.78 is 28.4. The Kier molecular flexibility index (Phi) is 9.14. The predicted octanol–water partition coefficient (Wildman–Crippen LogP) is 6.36. The van der Waals surface area contributed by atoms with Gasteiger partial charge in [-0.25, -0.2) is 9.71 Å². The Balaban J connectivity index is 1.63. The van der Waals surface area contributed by atoms with Crippen molar-refractivity contribution in [1.82, 2.24) is 24.3 Å². The molecule has 0 spiro atoms. The lowest BCUT2D eigenvalue weighted by Gasteiger charge is -2.21. The molecule has 5 rings (SSSR count). The molecule has 1 unspecified atom stereocenters. The highest BCUT2D eigenvalue weighted by Crippen LogP contribution is 2.37. The first-order valence-electron chi connectivity index (χ1n) is 14.1. The van der Waals surface area contributed by atoms with Crippen LogP contribution in [-0.4, -0.2) is 48.6 Å². The molecule has 11 heteroatoms. The highest BCUT2D eigenvalue weighted by Gasteiger charge is 2.26. The van der Waals surface area contributed by atoms with E-state index in [2.05, 4.69) is 15.0 Å². The SMILES string of the molecule is CCCC(NC(=O)c1cc(C(=O)NS(=O)(=O)N(C)C)c(-c2ccccc2-c2nc3ccccc3[nH]2)cc1Cl)c1ccccc1. The maximum absolute atomic E-state index is 13.7. The van der Waals surface area contributed by atoms with Gasteiger partial charge in [0.15, 0.2) is 0 Å². The molecule has 0 aliphatic rings. The summed E-state index contributed by atoms with van der Waals surface area (Å²) in [6.07, 6.45) is 1.51. The fraction of sp³-hybridized carbons (Fsp3) is 0.182. The molecule has 0 bridgehead atoms. The first-order valence-corrected chi connectivity index (χ1v) is 15.9. The van der Waals surface area contributed by atoms with E-state index in [0.29, 0.717) is 28.9 Å². The van der Waals surface area contributed by atoms with E-state index in [-0.39, 0.29) is 22.2 Å². The lowest BCUT2D eigenvalue weighted by molar-refractivity contribution is 0.0934. The molecule has 5 aromatic rings. The summed E-state index contributed by atoms with van der Waals surface area (Å²) in [5.41, 5.74) is 4.10. The van der Waals surface area contributed by atoms with E-state index >= 15 is 0 Å². The topological polar surface area (TPSA) is 124 Å². The van der Waals surface area contributed by atoms with Crippen LogP contribution in [0.1, 0.15) is 52.1 Å². The van der Waals surface area contributed by atoms with Gasteiger partial charge < -0.3 is 10.3 Å². The summed E-state index contributed by atoms with van der Waals surface area (Å²) in [6.45, 7) is 2.02. The minimum atomic E-state index is -4.15. The number of fused-ring (bicyclic) bond motifs is 1. The summed E-state index contributed by atoms with van der Waals surface area (Å²) in [5, 5.41) is 3.14. The number of hydrogen-bond acceptors (Lipinski definition) is 5. The third-order valence-electron chi connectivity index (χ3n) is 7.25. The summed E-state index contributed by atoms with van der Waals surface area (Å²) in [5.74, 6) is -0.844. The maximum atomic E-state index is 13.7. The van der Waals surface area contributed by atoms with Gasteiger partial charge in [-0.05, 0) is 47.4 Å². The number of carbonyl (C=O) groups excluding carboxylic acids is 2. The number of rotatable bonds is 10. The minimum Gasteiger partial charge on any atom is -0.345 e. The third-order valence-corrected chi connectivity index (χ3v) is 8.96. The summed E-state index contributed by atoms with van der Waals surface area (Å²) >= 11 is 6.76. The number of imidazole rings is 1. The molecule has 4 aromatic carbocycles. The normalized spacial score (nSPS) is 12.3. The number of hydrogen-bond donors (Lipinski definition) is 3. The van der Waals surface area contributed by atoms with E-state index < -0.39 is 22.0 Å². The largest absolute Gasteiger partial charge is 0.345 e. The van der Waals surface area contributed by atoms with Crippen LogP contribution < -0.4 is 10.0 Å². The number of H-pyrrole nitrogens is 1. The van der Waals surface area contributed by atoms with Crippen molar-refractivity contribution in [2.75, 3.05) is 14.1 Å². The van der Waals surface area contributed by atoms with Crippen LogP contribution in [0.25, 0.3) is 33.5 Å². The molecule has 2 amide bonds. The van der Waals surface area contributed by atoms with Crippen molar-refractivity contribution in [3.8, 4) is 22.5 Å². The zero-order chi connectivity index (χ0) is 31.4. The molecule has 1 heterocycles. The van der Waals surface area contributed by atoms with Gasteiger partial charge in [-0.15, -0.1) is 0 Å². The number of nitrogens with one attached hydrogen (secondary N) is 3. The van der Waals surface area contributed by atoms with Crippen molar-refractivity contribution < 1.29 is 18.0 Å². The monoisotopic (exact) mass is 629 g/mol. The molecule has 9 nitrogen and oxygen atoms in total. The Bertz CT molecular complexity index is 1910. The molecule has 0 aliphatic carbocycles. The Morgan fingerprint density at radius 3 is 2.20 bits per heavy atom. The molecule has 1 atom stereocenters. The Labute approximate surface area is 261 Å². The number of aromatic nitrogens is 2. The first kappa shape index (κ1) is 30.9. The number of benzene rings is 4. The van der Waals surface area contributed by atoms with Gasteiger partial charge in [0, 0.05) is 25.2 Å². The van der Waals surface area contributed by atoms with Crippen LogP contribution in [0.2, 0.25) is 5.02 Å². The minimum absolute atomic E-state index is 0.0414. The van der Waals surface area contributed by atoms with Crippen LogP contribution >= 0.6 is 11.6 Å². The van der Waals surface area contributed by atoms with Crippen LogP contribution in [0.5, 0.6) is 0 Å². The zero-order valence-electron chi connectivity index (χ0n) is 24.5. The molecular formula is C33H32ClN5O4S. The van der Waals surface area contributed by atoms with Crippen molar-refractivity contribution in [2.24, 2.45) is 0 Å². The van der Waals surface area contributed by atoms with Gasteiger partial charge >= 0.3 is 10.2 Å². The van der Waals surface area contributed by atoms with Gasteiger partial charge in [0.1, 0.15) is 5.82 Å². The standard InChI is InChI=1S/C33H32ClN5O4S/c1-4-12-28(21-13-6-5-7-14-21)37-32(40)26-19-25(33(41)38-44(42,43)39(2)3)24(20-27(26)34)22-15-8-9-16-23(22)31-35-29-17-10-11-18-30(29)36-31/h5-11,13-20,28H,4,12H2,1-3H3,(H,35,36)(H,37,40)(H,38,41). The second-order valence-corrected chi connectivity index (χ2v) is 12.8. The van der Waals surface area contributed by atoms with Crippen molar-refractivity contribution in [2.45, 2.75) is 25.8 Å². The second kappa shape index (κ2) is 13.0. The Morgan fingerprint density at radius 1 is 0.864 bits per heavy atom. The zero-order valence-corrected chi connectivity index (χ0v) is 26.0. The van der Waals surface area contributed by atoms with Crippen LogP contribution in [0.3, 0.4) is 0 Å². The van der Waals surface area contributed by atoms with Gasteiger partial charge in [-0.1, -0.05) is 91.7 Å². The molecular weight excluding hydrogens is 598 g/mol. The van der Waals surface area contributed by atoms with E-state index in [9.17, 15) is 18.0 Å². The van der Waals surface area contributed by atoms with Crippen LogP contribution in [0.15, 0.2) is 91.0 Å². The van der Waals surface area contributed by atoms with Crippen molar-refractivity contribution in [1.29, 1.82) is 0 Å². The molecule has 0 fully saturated rings. The van der Waals surface area contributed by atoms with E-state index in [1.165, 1.54) is 26.2 Å². The molecule has 0 radical (unpaired) electrons. The lowest BCUT2D eigenvalue weighted by Crippen LogP contribution is -2.39. The fourth-order valence-corrected chi connectivity index (χ4v) is 5.73. The smallest absolute Gasteiger partial charge is 0.303 e. The molecule has 3 N–H and O–H groups in total. The quantitative estimate of drug-likeness (QED) is 0.166. The number of para-hydroxylation sites is 2. The first-order chi connectivity index (χ1) is 21.1.